The van der Waals surface area contributed by atoms with Gasteiger partial charge in [0.15, 0.2) is 0 Å². The number of urea groups is 1. The van der Waals surface area contributed by atoms with Gasteiger partial charge in [-0.1, -0.05) is 30.3 Å². The second kappa shape index (κ2) is 8.88. The first-order chi connectivity index (χ1) is 15.0. The number of ether oxygens (including phenoxy) is 1. The maximum absolute atomic E-state index is 12.3. The summed E-state index contributed by atoms with van der Waals surface area (Å²) in [5, 5.41) is 11.3. The molecule has 1 heterocycles. The smallest absolute Gasteiger partial charge is 0.331 e. The fourth-order valence-electron chi connectivity index (χ4n) is 2.97. The lowest BCUT2D eigenvalue weighted by Gasteiger charge is -2.09. The molecule has 3 amide bonds. The summed E-state index contributed by atoms with van der Waals surface area (Å²) in [6, 6.07) is 19.4. The summed E-state index contributed by atoms with van der Waals surface area (Å²) in [4.78, 5) is 26.9. The van der Waals surface area contributed by atoms with Crippen LogP contribution < -0.4 is 14.8 Å². The molecule has 31 heavy (non-hydrogen) atoms. The van der Waals surface area contributed by atoms with E-state index in [2.05, 4.69) is 20.2 Å². The van der Waals surface area contributed by atoms with Crippen molar-refractivity contribution in [2.45, 2.75) is 11.8 Å². The molecule has 0 aliphatic carbocycles. The van der Waals surface area contributed by atoms with Gasteiger partial charge >= 0.3 is 6.03 Å². The molecule has 4 aromatic rings. The number of amides is 3. The second-order valence-corrected chi connectivity index (χ2v) is 7.47. The molecule has 0 atom stereocenters. The normalized spacial score (nSPS) is 10.6. The van der Waals surface area contributed by atoms with Gasteiger partial charge in [-0.25, -0.2) is 4.79 Å². The van der Waals surface area contributed by atoms with E-state index in [1.165, 1.54) is 7.11 Å². The molecule has 3 aromatic carbocycles. The van der Waals surface area contributed by atoms with Crippen LogP contribution in [0.1, 0.15) is 15.9 Å². The number of methoxy groups -OCH3 is 1. The quantitative estimate of drug-likeness (QED) is 0.464. The van der Waals surface area contributed by atoms with Gasteiger partial charge < -0.3 is 4.74 Å². The molecule has 9 heteroatoms. The zero-order valence-corrected chi connectivity index (χ0v) is 17.6. The van der Waals surface area contributed by atoms with Crippen LogP contribution in [-0.2, 0) is 0 Å². The Morgan fingerprint density at radius 2 is 1.65 bits per heavy atom. The minimum absolute atomic E-state index is 0.278. The number of imide groups is 1. The molecule has 0 bridgehead atoms. The van der Waals surface area contributed by atoms with E-state index in [4.69, 9.17) is 4.74 Å². The molecule has 0 fully saturated rings. The summed E-state index contributed by atoms with van der Waals surface area (Å²) in [6.07, 6.45) is 0. The third kappa shape index (κ3) is 4.51. The van der Waals surface area contributed by atoms with Crippen LogP contribution in [0.2, 0.25) is 0 Å². The van der Waals surface area contributed by atoms with Crippen molar-refractivity contribution < 1.29 is 14.3 Å². The SMILES string of the molecule is COc1ccccc1C(=O)NC(=O)NSc1cc2nn(-c3ccccc3)nc2cc1C. The molecule has 8 nitrogen and oxygen atoms in total. The Balaban J connectivity index is 1.45. The highest BCUT2D eigenvalue weighted by Crippen LogP contribution is 2.25. The van der Waals surface area contributed by atoms with Crippen LogP contribution in [0.5, 0.6) is 5.75 Å². The fourth-order valence-corrected chi connectivity index (χ4v) is 3.61. The summed E-state index contributed by atoms with van der Waals surface area (Å²) in [5.74, 6) is -0.156. The highest BCUT2D eigenvalue weighted by Gasteiger charge is 2.15. The van der Waals surface area contributed by atoms with E-state index in [-0.39, 0.29) is 5.56 Å². The van der Waals surface area contributed by atoms with Crippen LogP contribution in [0.3, 0.4) is 0 Å². The molecule has 0 unspecified atom stereocenters. The zero-order chi connectivity index (χ0) is 21.8. The van der Waals surface area contributed by atoms with Crippen LogP contribution in [0, 0.1) is 6.92 Å². The molecule has 0 aliphatic heterocycles. The largest absolute Gasteiger partial charge is 0.496 e. The second-order valence-electron chi connectivity index (χ2n) is 6.62. The first-order valence-electron chi connectivity index (χ1n) is 9.39. The Hall–Kier alpha value is -3.85. The molecular weight excluding hydrogens is 414 g/mol. The Bertz CT molecular complexity index is 1260. The standard InChI is InChI=1S/C22H19N5O3S/c1-14-12-17-18(25-27(24-17)15-8-4-3-5-9-15)13-20(14)31-26-22(29)23-21(28)16-10-6-7-11-19(16)30-2/h3-13H,1-2H3,(H2,23,26,28,29). The number of aryl methyl sites for hydroxylation is 1. The van der Waals surface area contributed by atoms with E-state index < -0.39 is 11.9 Å². The number of hydrogen-bond donors (Lipinski definition) is 2. The summed E-state index contributed by atoms with van der Waals surface area (Å²) in [7, 11) is 1.47. The van der Waals surface area contributed by atoms with Gasteiger partial charge in [-0.2, -0.15) is 4.80 Å². The average molecular weight is 433 g/mol. The van der Waals surface area contributed by atoms with Crippen LogP contribution in [0.4, 0.5) is 4.79 Å². The fraction of sp³-hybridized carbons (Fsp3) is 0.0909. The van der Waals surface area contributed by atoms with Gasteiger partial charge in [-0.15, -0.1) is 10.2 Å². The number of aromatic nitrogens is 3. The molecule has 4 rings (SSSR count). The van der Waals surface area contributed by atoms with Crippen LogP contribution >= 0.6 is 11.9 Å². The van der Waals surface area contributed by atoms with E-state index >= 15 is 0 Å². The number of nitrogens with zero attached hydrogens (tertiary/aromatic N) is 3. The number of rotatable bonds is 5. The summed E-state index contributed by atoms with van der Waals surface area (Å²) in [6.45, 7) is 1.92. The van der Waals surface area contributed by atoms with E-state index in [1.807, 2.05) is 49.4 Å². The van der Waals surface area contributed by atoms with Crippen molar-refractivity contribution in [2.24, 2.45) is 0 Å². The first kappa shape index (κ1) is 20.4. The van der Waals surface area contributed by atoms with E-state index in [0.717, 1.165) is 33.6 Å². The maximum atomic E-state index is 12.3. The summed E-state index contributed by atoms with van der Waals surface area (Å²) >= 11 is 1.10. The molecule has 0 spiro atoms. The van der Waals surface area contributed by atoms with Crippen molar-refractivity contribution in [3.05, 3.63) is 77.9 Å². The van der Waals surface area contributed by atoms with Gasteiger partial charge in [0, 0.05) is 4.90 Å². The van der Waals surface area contributed by atoms with Gasteiger partial charge in [0.2, 0.25) is 0 Å². The van der Waals surface area contributed by atoms with E-state index in [1.54, 1.807) is 29.1 Å². The van der Waals surface area contributed by atoms with Crippen molar-refractivity contribution in [2.75, 3.05) is 7.11 Å². The van der Waals surface area contributed by atoms with Crippen LogP contribution in [0.25, 0.3) is 16.7 Å². The van der Waals surface area contributed by atoms with Crippen molar-refractivity contribution in [3.63, 3.8) is 0 Å². The van der Waals surface area contributed by atoms with Gasteiger partial charge in [-0.3, -0.25) is 14.8 Å². The number of fused-ring (bicyclic) bond motifs is 1. The predicted octanol–water partition coefficient (Wildman–Crippen LogP) is 3.88. The summed E-state index contributed by atoms with van der Waals surface area (Å²) in [5.41, 5.74) is 3.51. The zero-order valence-electron chi connectivity index (χ0n) is 16.8. The molecule has 1 aromatic heterocycles. The van der Waals surface area contributed by atoms with Gasteiger partial charge in [0.1, 0.15) is 16.8 Å². The highest BCUT2D eigenvalue weighted by molar-refractivity contribution is 7.98. The summed E-state index contributed by atoms with van der Waals surface area (Å²) < 4.78 is 7.79. The highest BCUT2D eigenvalue weighted by atomic mass is 32.2. The number of nitrogens with one attached hydrogen (secondary N) is 2. The van der Waals surface area contributed by atoms with Crippen LogP contribution in [0.15, 0.2) is 71.6 Å². The number of para-hydroxylation sites is 2. The lowest BCUT2D eigenvalue weighted by molar-refractivity contribution is 0.0962. The first-order valence-corrected chi connectivity index (χ1v) is 10.2. The van der Waals surface area contributed by atoms with Gasteiger partial charge in [0.05, 0.1) is 18.4 Å². The minimum atomic E-state index is -0.631. The van der Waals surface area contributed by atoms with E-state index in [0.29, 0.717) is 11.3 Å². The number of carbonyl (C=O) groups is 2. The van der Waals surface area contributed by atoms with E-state index in [9.17, 15) is 9.59 Å². The van der Waals surface area contributed by atoms with Crippen LogP contribution in [-0.4, -0.2) is 34.0 Å². The molecule has 156 valence electrons. The lowest BCUT2D eigenvalue weighted by atomic mass is 10.2. The predicted molar refractivity (Wildman–Crippen MR) is 118 cm³/mol. The molecule has 0 aliphatic rings. The van der Waals surface area contributed by atoms with Gasteiger partial charge in [0.25, 0.3) is 5.91 Å². The Morgan fingerprint density at radius 3 is 2.39 bits per heavy atom. The Labute approximate surface area is 182 Å². The maximum Gasteiger partial charge on any atom is 0.331 e. The topological polar surface area (TPSA) is 98.1 Å². The molecule has 0 radical (unpaired) electrons. The van der Waals surface area contributed by atoms with Gasteiger partial charge in [-0.05, 0) is 60.8 Å². The molecular formula is C22H19N5O3S. The van der Waals surface area contributed by atoms with Crippen molar-refractivity contribution in [1.82, 2.24) is 25.0 Å². The van der Waals surface area contributed by atoms with Crippen molar-refractivity contribution in [3.8, 4) is 11.4 Å². The van der Waals surface area contributed by atoms with Crippen molar-refractivity contribution >= 4 is 34.9 Å². The number of hydrogen-bond acceptors (Lipinski definition) is 6. The Morgan fingerprint density at radius 1 is 0.968 bits per heavy atom. The molecule has 0 saturated heterocycles. The third-order valence-corrected chi connectivity index (χ3v) is 5.44. The monoisotopic (exact) mass is 433 g/mol. The third-order valence-electron chi connectivity index (χ3n) is 4.50. The lowest BCUT2D eigenvalue weighted by Crippen LogP contribution is -2.36. The number of benzene rings is 3. The minimum Gasteiger partial charge on any atom is -0.496 e. The Kier molecular flexibility index (Phi) is 5.85. The molecule has 0 saturated carbocycles. The van der Waals surface area contributed by atoms with Crippen molar-refractivity contribution in [1.29, 1.82) is 0 Å². The number of carbonyl (C=O) groups excluding carboxylic acids is 2. The average Bonchev–Trinajstić information content (AvgIpc) is 3.20. The molecule has 2 N–H and O–H groups in total.